The maximum absolute atomic E-state index is 12.0. The highest BCUT2D eigenvalue weighted by Gasteiger charge is 2.21. The van der Waals surface area contributed by atoms with Crippen LogP contribution in [0.2, 0.25) is 0 Å². The molecule has 21 heavy (non-hydrogen) atoms. The largest absolute Gasteiger partial charge is 0.480 e. The number of aliphatic carboxylic acids is 1. The van der Waals surface area contributed by atoms with Crippen LogP contribution in [0.3, 0.4) is 0 Å². The van der Waals surface area contributed by atoms with Crippen LogP contribution in [-0.2, 0) is 14.8 Å². The minimum absolute atomic E-state index is 0.0169. The Bertz CT molecular complexity index is 630. The van der Waals surface area contributed by atoms with Crippen molar-refractivity contribution in [3.05, 3.63) is 23.9 Å². The van der Waals surface area contributed by atoms with Crippen molar-refractivity contribution in [3.8, 4) is 0 Å². The van der Waals surface area contributed by atoms with Crippen LogP contribution in [0.4, 0.5) is 0 Å². The van der Waals surface area contributed by atoms with Gasteiger partial charge in [0.2, 0.25) is 0 Å². The van der Waals surface area contributed by atoms with Crippen molar-refractivity contribution in [2.24, 2.45) is 5.14 Å². The second-order valence-electron chi connectivity index (χ2n) is 4.43. The first-order chi connectivity index (χ1) is 9.75. The lowest BCUT2D eigenvalue weighted by molar-refractivity contribution is -0.139. The number of carbonyl (C=O) groups is 2. The molecule has 0 aliphatic rings. The number of aromatic nitrogens is 1. The van der Waals surface area contributed by atoms with Crippen molar-refractivity contribution in [3.63, 3.8) is 0 Å². The zero-order valence-corrected chi connectivity index (χ0v) is 12.3. The summed E-state index contributed by atoms with van der Waals surface area (Å²) in [6.07, 6.45) is 2.86. The number of amides is 1. The minimum Gasteiger partial charge on any atom is -0.480 e. The molecule has 0 saturated carbocycles. The Balaban J connectivity index is 2.90. The lowest BCUT2D eigenvalue weighted by Crippen LogP contribution is -2.40. The van der Waals surface area contributed by atoms with Gasteiger partial charge >= 0.3 is 5.97 Å². The number of primary sulfonamides is 1. The number of unbranched alkanes of at least 4 members (excludes halogenated alkanes) is 1. The number of carboxylic acids is 1. The second kappa shape index (κ2) is 7.14. The number of nitrogens with one attached hydrogen (secondary N) is 1. The van der Waals surface area contributed by atoms with Gasteiger partial charge in [0.05, 0.1) is 0 Å². The molecule has 0 saturated heterocycles. The van der Waals surface area contributed by atoms with E-state index in [4.69, 9.17) is 10.2 Å². The van der Waals surface area contributed by atoms with Crippen molar-refractivity contribution in [1.29, 1.82) is 0 Å². The lowest BCUT2D eigenvalue weighted by atomic mass is 10.1. The molecule has 4 N–H and O–H groups in total. The van der Waals surface area contributed by atoms with Crippen molar-refractivity contribution < 1.29 is 23.1 Å². The van der Waals surface area contributed by atoms with Crippen LogP contribution in [0, 0.1) is 0 Å². The third kappa shape index (κ3) is 5.12. The molecule has 116 valence electrons. The molecule has 1 aromatic heterocycles. The third-order valence-electron chi connectivity index (χ3n) is 2.74. The molecule has 0 aromatic carbocycles. The van der Waals surface area contributed by atoms with E-state index in [1.54, 1.807) is 0 Å². The molecule has 0 radical (unpaired) electrons. The van der Waals surface area contributed by atoms with Crippen LogP contribution < -0.4 is 10.5 Å². The monoisotopic (exact) mass is 315 g/mol. The Hall–Kier alpha value is -2.00. The molecule has 0 aliphatic carbocycles. The standard InChI is InChI=1S/C12H17N3O5S/c1-2-3-4-9(12(17)18)15-11(16)8-5-6-14-10(7-8)21(13,19)20/h5-7,9H,2-4H2,1H3,(H,15,16)(H,17,18)(H2,13,19,20). The van der Waals surface area contributed by atoms with E-state index in [9.17, 15) is 18.0 Å². The quantitative estimate of drug-likeness (QED) is 0.652. The van der Waals surface area contributed by atoms with Gasteiger partial charge in [-0.1, -0.05) is 19.8 Å². The van der Waals surface area contributed by atoms with Gasteiger partial charge in [0.1, 0.15) is 6.04 Å². The lowest BCUT2D eigenvalue weighted by Gasteiger charge is -2.14. The summed E-state index contributed by atoms with van der Waals surface area (Å²) >= 11 is 0. The van der Waals surface area contributed by atoms with Crippen molar-refractivity contribution in [2.75, 3.05) is 0 Å². The molecule has 0 spiro atoms. The van der Waals surface area contributed by atoms with Crippen LogP contribution in [0.25, 0.3) is 0 Å². The van der Waals surface area contributed by atoms with Crippen LogP contribution >= 0.6 is 0 Å². The molecule has 1 aromatic rings. The number of carbonyl (C=O) groups excluding carboxylic acids is 1. The third-order valence-corrected chi connectivity index (χ3v) is 3.54. The van der Waals surface area contributed by atoms with E-state index in [0.29, 0.717) is 12.8 Å². The summed E-state index contributed by atoms with van der Waals surface area (Å²) in [5.74, 6) is -1.83. The van der Waals surface area contributed by atoms with Crippen molar-refractivity contribution in [2.45, 2.75) is 37.3 Å². The first kappa shape index (κ1) is 17.1. The fraction of sp³-hybridized carbons (Fsp3) is 0.417. The number of nitrogens with zero attached hydrogens (tertiary/aromatic N) is 1. The fourth-order valence-electron chi connectivity index (χ4n) is 1.61. The second-order valence-corrected chi connectivity index (χ2v) is 5.94. The number of hydrogen-bond donors (Lipinski definition) is 3. The number of carboxylic acid groups (broad SMARTS) is 1. The Morgan fingerprint density at radius 2 is 2.14 bits per heavy atom. The Labute approximate surface area is 122 Å². The smallest absolute Gasteiger partial charge is 0.326 e. The van der Waals surface area contributed by atoms with Crippen LogP contribution in [0.1, 0.15) is 36.5 Å². The predicted octanol–water partition coefficient (Wildman–Crippen LogP) is 0.102. The summed E-state index contributed by atoms with van der Waals surface area (Å²) in [7, 11) is -4.03. The van der Waals surface area contributed by atoms with Gasteiger partial charge in [0.15, 0.2) is 5.03 Å². The number of sulfonamides is 1. The van der Waals surface area contributed by atoms with E-state index in [1.165, 1.54) is 6.07 Å². The van der Waals surface area contributed by atoms with Crippen LogP contribution in [0.5, 0.6) is 0 Å². The van der Waals surface area contributed by atoms with Crippen LogP contribution in [-0.4, -0.2) is 36.4 Å². The number of rotatable bonds is 7. The predicted molar refractivity (Wildman–Crippen MR) is 74.0 cm³/mol. The summed E-state index contributed by atoms with van der Waals surface area (Å²) in [5.41, 5.74) is -0.0169. The first-order valence-corrected chi connectivity index (χ1v) is 7.83. The highest BCUT2D eigenvalue weighted by Crippen LogP contribution is 2.08. The van der Waals surface area contributed by atoms with E-state index in [0.717, 1.165) is 18.7 Å². The average molecular weight is 315 g/mol. The number of pyridine rings is 1. The summed E-state index contributed by atoms with van der Waals surface area (Å²) in [6.45, 7) is 1.90. The van der Waals surface area contributed by atoms with Gasteiger partial charge in [-0.25, -0.2) is 23.3 Å². The first-order valence-electron chi connectivity index (χ1n) is 6.28. The highest BCUT2D eigenvalue weighted by molar-refractivity contribution is 7.89. The number of hydrogen-bond acceptors (Lipinski definition) is 5. The molecule has 0 fully saturated rings. The summed E-state index contributed by atoms with van der Waals surface area (Å²) < 4.78 is 22.3. The Kier molecular flexibility index (Phi) is 5.79. The van der Waals surface area contributed by atoms with Gasteiger partial charge in [0.25, 0.3) is 15.9 Å². The van der Waals surface area contributed by atoms with Gasteiger partial charge in [-0.05, 0) is 18.6 Å². The Morgan fingerprint density at radius 1 is 1.48 bits per heavy atom. The highest BCUT2D eigenvalue weighted by atomic mass is 32.2. The van der Waals surface area contributed by atoms with Gasteiger partial charge in [0, 0.05) is 11.8 Å². The summed E-state index contributed by atoms with van der Waals surface area (Å²) in [4.78, 5) is 26.6. The van der Waals surface area contributed by atoms with E-state index in [1.807, 2.05) is 6.92 Å². The molecule has 9 heteroatoms. The molecular weight excluding hydrogens is 298 g/mol. The molecule has 0 bridgehead atoms. The van der Waals surface area contributed by atoms with Crippen molar-refractivity contribution >= 4 is 21.9 Å². The normalized spacial score (nSPS) is 12.7. The maximum Gasteiger partial charge on any atom is 0.326 e. The molecule has 1 rings (SSSR count). The molecule has 8 nitrogen and oxygen atoms in total. The maximum atomic E-state index is 12.0. The average Bonchev–Trinajstić information content (AvgIpc) is 2.42. The van der Waals surface area contributed by atoms with E-state index < -0.39 is 33.0 Å². The van der Waals surface area contributed by atoms with E-state index in [2.05, 4.69) is 10.3 Å². The number of nitrogens with two attached hydrogens (primary N) is 1. The molecular formula is C12H17N3O5S. The molecule has 1 atom stereocenters. The van der Waals surface area contributed by atoms with E-state index in [-0.39, 0.29) is 5.56 Å². The van der Waals surface area contributed by atoms with Gasteiger partial charge in [-0.2, -0.15) is 0 Å². The SMILES string of the molecule is CCCCC(NC(=O)c1ccnc(S(N)(=O)=O)c1)C(=O)O. The topological polar surface area (TPSA) is 139 Å². The molecule has 1 heterocycles. The summed E-state index contributed by atoms with van der Waals surface area (Å²) in [5, 5.41) is 15.9. The fourth-order valence-corrected chi connectivity index (χ4v) is 2.11. The molecule has 1 unspecified atom stereocenters. The minimum atomic E-state index is -4.03. The van der Waals surface area contributed by atoms with E-state index >= 15 is 0 Å². The zero-order valence-electron chi connectivity index (χ0n) is 11.4. The Morgan fingerprint density at radius 3 is 2.67 bits per heavy atom. The van der Waals surface area contributed by atoms with Crippen LogP contribution in [0.15, 0.2) is 23.4 Å². The molecule has 1 amide bonds. The van der Waals surface area contributed by atoms with Crippen molar-refractivity contribution in [1.82, 2.24) is 10.3 Å². The molecule has 0 aliphatic heterocycles. The van der Waals surface area contributed by atoms with Gasteiger partial charge in [-0.15, -0.1) is 0 Å². The van der Waals surface area contributed by atoms with Gasteiger partial charge in [-0.3, -0.25) is 4.79 Å². The van der Waals surface area contributed by atoms with Gasteiger partial charge < -0.3 is 10.4 Å². The zero-order chi connectivity index (χ0) is 16.0. The summed E-state index contributed by atoms with van der Waals surface area (Å²) in [6, 6.07) is 1.26.